The normalized spacial score (nSPS) is 13.9. The smallest absolute Gasteiger partial charge is 0.310 e. The second-order valence-corrected chi connectivity index (χ2v) is 7.27. The van der Waals surface area contributed by atoms with Crippen LogP contribution in [0.2, 0.25) is 0 Å². The van der Waals surface area contributed by atoms with Crippen LogP contribution < -0.4 is 5.32 Å². The van der Waals surface area contributed by atoms with Gasteiger partial charge in [0.05, 0.1) is 18.7 Å². The summed E-state index contributed by atoms with van der Waals surface area (Å²) in [6, 6.07) is 13.7. The standard InChI is InChI=1S/C23H23NO4/c1-15(16-6-3-2-4-7-16)24-22(25)14-28-23(26)12-19-13-27-21-11-18-9-5-8-17(18)10-20(19)21/h2-4,6-7,10-11,13,15H,5,8-9,12,14H2,1H3,(H,24,25). The number of hydrogen-bond donors (Lipinski definition) is 1. The molecule has 1 unspecified atom stereocenters. The molecule has 0 bridgehead atoms. The number of nitrogens with one attached hydrogen (secondary N) is 1. The van der Waals surface area contributed by atoms with E-state index in [-0.39, 0.29) is 25.0 Å². The van der Waals surface area contributed by atoms with Gasteiger partial charge in [-0.1, -0.05) is 30.3 Å². The lowest BCUT2D eigenvalue weighted by Crippen LogP contribution is -2.31. The highest BCUT2D eigenvalue weighted by Crippen LogP contribution is 2.30. The Morgan fingerprint density at radius 3 is 2.68 bits per heavy atom. The Bertz CT molecular complexity index is 1010. The second kappa shape index (κ2) is 7.89. The molecular weight excluding hydrogens is 354 g/mol. The van der Waals surface area contributed by atoms with Gasteiger partial charge in [0.15, 0.2) is 6.61 Å². The molecule has 1 amide bonds. The number of carbonyl (C=O) groups excluding carboxylic acids is 2. The largest absolute Gasteiger partial charge is 0.464 e. The zero-order valence-electron chi connectivity index (χ0n) is 15.9. The van der Waals surface area contributed by atoms with Crippen LogP contribution >= 0.6 is 0 Å². The van der Waals surface area contributed by atoms with Gasteiger partial charge in [0.25, 0.3) is 5.91 Å². The van der Waals surface area contributed by atoms with E-state index in [9.17, 15) is 9.59 Å². The fourth-order valence-corrected chi connectivity index (χ4v) is 3.75. The number of amides is 1. The van der Waals surface area contributed by atoms with Crippen LogP contribution in [-0.4, -0.2) is 18.5 Å². The number of aryl methyl sites for hydroxylation is 2. The second-order valence-electron chi connectivity index (χ2n) is 7.27. The minimum atomic E-state index is -0.439. The number of benzene rings is 2. The number of hydrogen-bond acceptors (Lipinski definition) is 4. The maximum absolute atomic E-state index is 12.2. The van der Waals surface area contributed by atoms with Gasteiger partial charge in [0.1, 0.15) is 5.58 Å². The predicted molar refractivity (Wildman–Crippen MR) is 106 cm³/mol. The molecular formula is C23H23NO4. The van der Waals surface area contributed by atoms with E-state index >= 15 is 0 Å². The Morgan fingerprint density at radius 1 is 1.14 bits per heavy atom. The highest BCUT2D eigenvalue weighted by Gasteiger charge is 2.18. The van der Waals surface area contributed by atoms with E-state index < -0.39 is 5.97 Å². The van der Waals surface area contributed by atoms with Crippen LogP contribution in [0, 0.1) is 0 Å². The van der Waals surface area contributed by atoms with Crippen LogP contribution in [0.5, 0.6) is 0 Å². The quantitative estimate of drug-likeness (QED) is 0.662. The van der Waals surface area contributed by atoms with Gasteiger partial charge in [0.2, 0.25) is 0 Å². The SMILES string of the molecule is CC(NC(=O)COC(=O)Cc1coc2cc3c(cc12)CCC3)c1ccccc1. The third kappa shape index (κ3) is 3.93. The number of ether oxygens (including phenoxy) is 1. The Balaban J connectivity index is 1.32. The van der Waals surface area contributed by atoms with Crippen molar-refractivity contribution < 1.29 is 18.7 Å². The molecule has 3 aromatic rings. The summed E-state index contributed by atoms with van der Waals surface area (Å²) in [5.74, 6) is -0.759. The molecule has 5 heteroatoms. The van der Waals surface area contributed by atoms with Crippen molar-refractivity contribution in [2.75, 3.05) is 6.61 Å². The molecule has 1 N–H and O–H groups in total. The van der Waals surface area contributed by atoms with Gasteiger partial charge in [-0.25, -0.2) is 0 Å². The molecule has 1 atom stereocenters. The average Bonchev–Trinajstić information content (AvgIpc) is 3.32. The number of esters is 1. The van der Waals surface area contributed by atoms with Gasteiger partial charge in [-0.05, 0) is 55.0 Å². The first-order valence-electron chi connectivity index (χ1n) is 9.62. The summed E-state index contributed by atoms with van der Waals surface area (Å²) in [7, 11) is 0. The van der Waals surface area contributed by atoms with Crippen LogP contribution in [-0.2, 0) is 33.6 Å². The van der Waals surface area contributed by atoms with Crippen LogP contribution in [0.1, 0.15) is 41.6 Å². The van der Waals surface area contributed by atoms with Crippen LogP contribution in [0.15, 0.2) is 53.1 Å². The third-order valence-corrected chi connectivity index (χ3v) is 5.24. The van der Waals surface area contributed by atoms with Gasteiger partial charge in [0, 0.05) is 10.9 Å². The minimum absolute atomic E-state index is 0.0906. The molecule has 1 heterocycles. The molecule has 1 aliphatic carbocycles. The lowest BCUT2D eigenvalue weighted by Gasteiger charge is -2.14. The highest BCUT2D eigenvalue weighted by molar-refractivity contribution is 5.88. The maximum Gasteiger partial charge on any atom is 0.310 e. The van der Waals surface area contributed by atoms with Crippen LogP contribution in [0.3, 0.4) is 0 Å². The van der Waals surface area contributed by atoms with Crippen molar-refractivity contribution in [2.45, 2.75) is 38.6 Å². The fraction of sp³-hybridized carbons (Fsp3) is 0.304. The predicted octanol–water partition coefficient (Wildman–Crippen LogP) is 3.88. The minimum Gasteiger partial charge on any atom is -0.464 e. The summed E-state index contributed by atoms with van der Waals surface area (Å²) in [5.41, 5.74) is 5.27. The molecule has 1 aromatic heterocycles. The van der Waals surface area contributed by atoms with Crippen molar-refractivity contribution in [3.05, 3.63) is 71.0 Å². The first-order valence-corrected chi connectivity index (χ1v) is 9.62. The summed E-state index contributed by atoms with van der Waals surface area (Å²) >= 11 is 0. The molecule has 0 saturated carbocycles. The molecule has 0 saturated heterocycles. The number of rotatable bonds is 6. The van der Waals surface area contributed by atoms with Gasteiger partial charge in [-0.2, -0.15) is 0 Å². The van der Waals surface area contributed by atoms with E-state index in [0.29, 0.717) is 0 Å². The summed E-state index contributed by atoms with van der Waals surface area (Å²) in [6.07, 6.45) is 5.02. The van der Waals surface area contributed by atoms with Crippen molar-refractivity contribution in [1.82, 2.24) is 5.32 Å². The Kier molecular flexibility index (Phi) is 5.15. The Labute approximate surface area is 163 Å². The van der Waals surface area contributed by atoms with Crippen molar-refractivity contribution in [1.29, 1.82) is 0 Å². The van der Waals surface area contributed by atoms with Gasteiger partial charge in [-0.3, -0.25) is 9.59 Å². The van der Waals surface area contributed by atoms with Crippen molar-refractivity contribution in [2.24, 2.45) is 0 Å². The average molecular weight is 377 g/mol. The summed E-state index contributed by atoms with van der Waals surface area (Å²) in [5, 5.41) is 3.79. The van der Waals surface area contributed by atoms with Crippen molar-refractivity contribution in [3.63, 3.8) is 0 Å². The number of fused-ring (bicyclic) bond motifs is 2. The lowest BCUT2D eigenvalue weighted by molar-refractivity contribution is -0.148. The summed E-state index contributed by atoms with van der Waals surface area (Å²) in [4.78, 5) is 24.3. The van der Waals surface area contributed by atoms with E-state index in [1.54, 1.807) is 6.26 Å². The van der Waals surface area contributed by atoms with Gasteiger partial charge in [-0.15, -0.1) is 0 Å². The first-order chi connectivity index (χ1) is 13.6. The lowest BCUT2D eigenvalue weighted by atomic mass is 10.0. The third-order valence-electron chi connectivity index (χ3n) is 5.24. The van der Waals surface area contributed by atoms with E-state index in [1.807, 2.05) is 37.3 Å². The zero-order valence-corrected chi connectivity index (χ0v) is 15.9. The van der Waals surface area contributed by atoms with Gasteiger partial charge >= 0.3 is 5.97 Å². The highest BCUT2D eigenvalue weighted by atomic mass is 16.5. The summed E-state index contributed by atoms with van der Waals surface area (Å²) in [6.45, 7) is 1.60. The number of carbonyl (C=O) groups is 2. The number of furan rings is 1. The Morgan fingerprint density at radius 2 is 1.89 bits per heavy atom. The molecule has 5 nitrogen and oxygen atoms in total. The molecule has 0 fully saturated rings. The topological polar surface area (TPSA) is 68.5 Å². The molecule has 1 aliphatic rings. The van der Waals surface area contributed by atoms with E-state index in [0.717, 1.165) is 41.4 Å². The molecule has 2 aromatic carbocycles. The van der Waals surface area contributed by atoms with Crippen molar-refractivity contribution in [3.8, 4) is 0 Å². The maximum atomic E-state index is 12.2. The van der Waals surface area contributed by atoms with Crippen molar-refractivity contribution >= 4 is 22.8 Å². The molecule has 0 spiro atoms. The molecule has 0 aliphatic heterocycles. The van der Waals surface area contributed by atoms with Crippen LogP contribution in [0.25, 0.3) is 11.0 Å². The first kappa shape index (κ1) is 18.3. The molecule has 28 heavy (non-hydrogen) atoms. The zero-order chi connectivity index (χ0) is 19.5. The van der Waals surface area contributed by atoms with Crippen LogP contribution in [0.4, 0.5) is 0 Å². The van der Waals surface area contributed by atoms with E-state index in [4.69, 9.17) is 9.15 Å². The van der Waals surface area contributed by atoms with E-state index in [1.165, 1.54) is 11.1 Å². The summed E-state index contributed by atoms with van der Waals surface area (Å²) < 4.78 is 10.8. The van der Waals surface area contributed by atoms with Gasteiger partial charge < -0.3 is 14.5 Å². The molecule has 0 radical (unpaired) electrons. The molecule has 4 rings (SSSR count). The Hall–Kier alpha value is -3.08. The monoisotopic (exact) mass is 377 g/mol. The fourth-order valence-electron chi connectivity index (χ4n) is 3.75. The van der Waals surface area contributed by atoms with E-state index in [2.05, 4.69) is 17.4 Å². The molecule has 144 valence electrons.